The summed E-state index contributed by atoms with van der Waals surface area (Å²) < 4.78 is 0. The average Bonchev–Trinajstić information content (AvgIpc) is 3.16. The Morgan fingerprint density at radius 2 is 2.00 bits per heavy atom. The van der Waals surface area contributed by atoms with Crippen molar-refractivity contribution in [2.45, 2.75) is 25.3 Å². The van der Waals surface area contributed by atoms with Gasteiger partial charge in [0.05, 0.1) is 0 Å². The summed E-state index contributed by atoms with van der Waals surface area (Å²) in [6.07, 6.45) is 3.98. The molecule has 1 aliphatic heterocycles. The Kier molecular flexibility index (Phi) is 3.33. The zero-order valence-electron chi connectivity index (χ0n) is 10.6. The van der Waals surface area contributed by atoms with E-state index in [1.54, 1.807) is 0 Å². The first-order valence-corrected chi connectivity index (χ1v) is 6.90. The Balaban J connectivity index is 1.45. The molecule has 18 heavy (non-hydrogen) atoms. The van der Waals surface area contributed by atoms with E-state index in [9.17, 15) is 4.79 Å². The zero-order chi connectivity index (χ0) is 12.4. The number of hydrogen-bond donors (Lipinski definition) is 1. The van der Waals surface area contributed by atoms with E-state index >= 15 is 0 Å². The first-order valence-electron chi connectivity index (χ1n) is 6.90. The van der Waals surface area contributed by atoms with E-state index in [0.717, 1.165) is 18.2 Å². The molecule has 3 rings (SSSR count). The lowest BCUT2D eigenvalue weighted by molar-refractivity contribution is 0.0947. The minimum atomic E-state index is 0.0560. The highest BCUT2D eigenvalue weighted by Gasteiger charge is 2.34. The first kappa shape index (κ1) is 11.7. The van der Waals surface area contributed by atoms with Crippen LogP contribution in [0.1, 0.15) is 29.6 Å². The highest BCUT2D eigenvalue weighted by atomic mass is 16.1. The SMILES string of the molecule is O=C(NCC1CCN(C2CC2)C1)c1ccccc1. The number of amides is 1. The van der Waals surface area contributed by atoms with Gasteiger partial charge in [0.25, 0.3) is 5.91 Å². The molecule has 1 N–H and O–H groups in total. The van der Waals surface area contributed by atoms with Crippen molar-refractivity contribution in [1.29, 1.82) is 0 Å². The van der Waals surface area contributed by atoms with Crippen molar-refractivity contribution in [1.82, 2.24) is 10.2 Å². The molecular weight excluding hydrogens is 224 g/mol. The molecular formula is C15H20N2O. The molecule has 1 atom stereocenters. The smallest absolute Gasteiger partial charge is 0.251 e. The maximum atomic E-state index is 11.9. The summed E-state index contributed by atoms with van der Waals surface area (Å²) >= 11 is 0. The Bertz CT molecular complexity index is 414. The maximum absolute atomic E-state index is 11.9. The fraction of sp³-hybridized carbons (Fsp3) is 0.533. The summed E-state index contributed by atoms with van der Waals surface area (Å²) in [4.78, 5) is 14.5. The van der Waals surface area contributed by atoms with Gasteiger partial charge in [-0.2, -0.15) is 0 Å². The molecule has 1 aliphatic carbocycles. The maximum Gasteiger partial charge on any atom is 0.251 e. The lowest BCUT2D eigenvalue weighted by Crippen LogP contribution is -2.31. The van der Waals surface area contributed by atoms with Gasteiger partial charge < -0.3 is 10.2 Å². The molecule has 1 aromatic carbocycles. The lowest BCUT2D eigenvalue weighted by Gasteiger charge is -2.15. The first-order chi connectivity index (χ1) is 8.83. The van der Waals surface area contributed by atoms with Crippen LogP contribution < -0.4 is 5.32 Å². The van der Waals surface area contributed by atoms with Gasteiger partial charge in [0.2, 0.25) is 0 Å². The Morgan fingerprint density at radius 1 is 1.22 bits per heavy atom. The van der Waals surface area contributed by atoms with Crippen LogP contribution in [0.25, 0.3) is 0 Å². The third kappa shape index (κ3) is 2.72. The van der Waals surface area contributed by atoms with Crippen molar-refractivity contribution in [3.05, 3.63) is 35.9 Å². The third-order valence-corrected chi connectivity index (χ3v) is 3.97. The second kappa shape index (κ2) is 5.11. The number of hydrogen-bond acceptors (Lipinski definition) is 2. The van der Waals surface area contributed by atoms with Crippen LogP contribution in [0.4, 0.5) is 0 Å². The summed E-state index contributed by atoms with van der Waals surface area (Å²) in [5, 5.41) is 3.06. The number of nitrogens with zero attached hydrogens (tertiary/aromatic N) is 1. The van der Waals surface area contributed by atoms with Gasteiger partial charge in [0.15, 0.2) is 0 Å². The quantitative estimate of drug-likeness (QED) is 0.877. The normalized spacial score (nSPS) is 24.1. The molecule has 1 unspecified atom stereocenters. The van der Waals surface area contributed by atoms with Crippen molar-refractivity contribution in [2.75, 3.05) is 19.6 Å². The number of benzene rings is 1. The fourth-order valence-corrected chi connectivity index (χ4v) is 2.73. The molecule has 0 radical (unpaired) electrons. The van der Waals surface area contributed by atoms with Crippen molar-refractivity contribution < 1.29 is 4.79 Å². The molecule has 2 fully saturated rings. The number of likely N-dealkylation sites (tertiary alicyclic amines) is 1. The highest BCUT2D eigenvalue weighted by molar-refractivity contribution is 5.94. The Hall–Kier alpha value is -1.35. The van der Waals surface area contributed by atoms with E-state index < -0.39 is 0 Å². The van der Waals surface area contributed by atoms with E-state index in [-0.39, 0.29) is 5.91 Å². The third-order valence-electron chi connectivity index (χ3n) is 3.97. The predicted molar refractivity (Wildman–Crippen MR) is 71.5 cm³/mol. The van der Waals surface area contributed by atoms with Crippen LogP contribution in [0.15, 0.2) is 30.3 Å². The predicted octanol–water partition coefficient (Wildman–Crippen LogP) is 1.90. The van der Waals surface area contributed by atoms with Gasteiger partial charge in [-0.15, -0.1) is 0 Å². The van der Waals surface area contributed by atoms with E-state index in [1.165, 1.54) is 32.4 Å². The van der Waals surface area contributed by atoms with Gasteiger partial charge in [-0.05, 0) is 43.9 Å². The second-order valence-electron chi connectivity index (χ2n) is 5.46. The van der Waals surface area contributed by atoms with Gasteiger partial charge in [0, 0.05) is 24.7 Å². The molecule has 0 spiro atoms. The van der Waals surface area contributed by atoms with Gasteiger partial charge in [-0.25, -0.2) is 0 Å². The van der Waals surface area contributed by atoms with E-state index in [0.29, 0.717) is 5.92 Å². The number of nitrogens with one attached hydrogen (secondary N) is 1. The van der Waals surface area contributed by atoms with E-state index in [2.05, 4.69) is 10.2 Å². The summed E-state index contributed by atoms with van der Waals surface area (Å²) in [5.74, 6) is 0.693. The van der Waals surface area contributed by atoms with Crippen molar-refractivity contribution in [2.24, 2.45) is 5.92 Å². The van der Waals surface area contributed by atoms with Crippen LogP contribution in [0, 0.1) is 5.92 Å². The standard InChI is InChI=1S/C15H20N2O/c18-15(13-4-2-1-3-5-13)16-10-12-8-9-17(11-12)14-6-7-14/h1-5,12,14H,6-11H2,(H,16,18). The van der Waals surface area contributed by atoms with Crippen LogP contribution in [0.3, 0.4) is 0 Å². The topological polar surface area (TPSA) is 32.3 Å². The number of rotatable bonds is 4. The Morgan fingerprint density at radius 3 is 2.72 bits per heavy atom. The molecule has 0 bridgehead atoms. The summed E-state index contributed by atoms with van der Waals surface area (Å²) in [5.41, 5.74) is 0.759. The molecule has 1 aromatic rings. The molecule has 1 heterocycles. The van der Waals surface area contributed by atoms with E-state index in [4.69, 9.17) is 0 Å². The van der Waals surface area contributed by atoms with Crippen molar-refractivity contribution in [3.63, 3.8) is 0 Å². The van der Waals surface area contributed by atoms with E-state index in [1.807, 2.05) is 30.3 Å². The molecule has 3 nitrogen and oxygen atoms in total. The van der Waals surface area contributed by atoms with Crippen molar-refractivity contribution >= 4 is 5.91 Å². The van der Waals surface area contributed by atoms with Crippen LogP contribution in [0.2, 0.25) is 0 Å². The minimum Gasteiger partial charge on any atom is -0.352 e. The molecule has 1 saturated heterocycles. The fourth-order valence-electron chi connectivity index (χ4n) is 2.73. The van der Waals surface area contributed by atoms with Crippen LogP contribution in [-0.4, -0.2) is 36.5 Å². The zero-order valence-corrected chi connectivity index (χ0v) is 10.6. The second-order valence-corrected chi connectivity index (χ2v) is 5.46. The largest absolute Gasteiger partial charge is 0.352 e. The average molecular weight is 244 g/mol. The van der Waals surface area contributed by atoms with Gasteiger partial charge in [-0.3, -0.25) is 4.79 Å². The van der Waals surface area contributed by atoms with Crippen molar-refractivity contribution in [3.8, 4) is 0 Å². The van der Waals surface area contributed by atoms with Crippen LogP contribution in [0.5, 0.6) is 0 Å². The molecule has 0 aromatic heterocycles. The monoisotopic (exact) mass is 244 g/mol. The van der Waals surface area contributed by atoms with Gasteiger partial charge in [0.1, 0.15) is 0 Å². The van der Waals surface area contributed by atoms with Gasteiger partial charge in [-0.1, -0.05) is 18.2 Å². The summed E-state index contributed by atoms with van der Waals surface area (Å²) in [6, 6.07) is 10.3. The summed E-state index contributed by atoms with van der Waals surface area (Å²) in [7, 11) is 0. The number of carbonyl (C=O) groups excluding carboxylic acids is 1. The molecule has 1 amide bonds. The van der Waals surface area contributed by atoms with Gasteiger partial charge >= 0.3 is 0 Å². The molecule has 2 aliphatic rings. The Labute approximate surface area is 108 Å². The lowest BCUT2D eigenvalue weighted by atomic mass is 10.1. The van der Waals surface area contributed by atoms with Crippen LogP contribution >= 0.6 is 0 Å². The highest BCUT2D eigenvalue weighted by Crippen LogP contribution is 2.31. The summed E-state index contributed by atoms with van der Waals surface area (Å²) in [6.45, 7) is 3.20. The minimum absolute atomic E-state index is 0.0560. The number of carbonyl (C=O) groups is 1. The molecule has 96 valence electrons. The van der Waals surface area contributed by atoms with Crippen LogP contribution in [-0.2, 0) is 0 Å². The molecule has 1 saturated carbocycles. The molecule has 3 heteroatoms.